The van der Waals surface area contributed by atoms with Crippen LogP contribution in [0.5, 0.6) is 17.2 Å². The highest BCUT2D eigenvalue weighted by atomic mass is 16.5. The van der Waals surface area contributed by atoms with Crippen LogP contribution in [0.15, 0.2) is 54.7 Å². The number of carbonyl (C=O) groups is 3. The van der Waals surface area contributed by atoms with Gasteiger partial charge in [-0.05, 0) is 36.4 Å². The van der Waals surface area contributed by atoms with Crippen LogP contribution in [0.1, 0.15) is 0 Å². The number of nitrogens with zero attached hydrogens (tertiary/aromatic N) is 1. The number of anilines is 2. The van der Waals surface area contributed by atoms with E-state index in [1.165, 1.54) is 21.3 Å². The molecule has 0 aromatic heterocycles. The minimum absolute atomic E-state index is 0.0788. The van der Waals surface area contributed by atoms with Crippen molar-refractivity contribution in [3.05, 3.63) is 54.7 Å². The lowest BCUT2D eigenvalue weighted by molar-refractivity contribution is -0.132. The fraction of sp³-hybridized carbons (Fsp3) is 0.190. The molecule has 0 radical (unpaired) electrons. The largest absolute Gasteiger partial charge is 0.497 e. The SMILES string of the molecule is C=C(Nc1cc(OC)ccc1OC)[C@H]1C(=O)NC(=O)N(c2ccc(OC)cc2)C1=O. The van der Waals surface area contributed by atoms with E-state index in [9.17, 15) is 14.4 Å². The summed E-state index contributed by atoms with van der Waals surface area (Å²) >= 11 is 0. The van der Waals surface area contributed by atoms with Gasteiger partial charge >= 0.3 is 6.03 Å². The maximum Gasteiger partial charge on any atom is 0.335 e. The molecule has 9 nitrogen and oxygen atoms in total. The van der Waals surface area contributed by atoms with E-state index in [-0.39, 0.29) is 5.70 Å². The minimum atomic E-state index is -1.33. The third-order valence-electron chi connectivity index (χ3n) is 4.54. The summed E-state index contributed by atoms with van der Waals surface area (Å²) in [6, 6.07) is 10.5. The van der Waals surface area contributed by atoms with Gasteiger partial charge in [-0.3, -0.25) is 14.9 Å². The van der Waals surface area contributed by atoms with Gasteiger partial charge in [0.15, 0.2) is 5.92 Å². The smallest absolute Gasteiger partial charge is 0.335 e. The van der Waals surface area contributed by atoms with Gasteiger partial charge in [0, 0.05) is 11.8 Å². The van der Waals surface area contributed by atoms with Crippen molar-refractivity contribution in [1.29, 1.82) is 0 Å². The van der Waals surface area contributed by atoms with Crippen molar-refractivity contribution in [2.75, 3.05) is 31.5 Å². The molecule has 2 aromatic rings. The molecular formula is C21H21N3O6. The maximum atomic E-state index is 13.1. The Labute approximate surface area is 173 Å². The topological polar surface area (TPSA) is 106 Å². The van der Waals surface area contributed by atoms with Crippen LogP contribution in [0.2, 0.25) is 0 Å². The van der Waals surface area contributed by atoms with E-state index in [2.05, 4.69) is 17.2 Å². The number of benzene rings is 2. The summed E-state index contributed by atoms with van der Waals surface area (Å²) in [5.41, 5.74) is 0.827. The third-order valence-corrected chi connectivity index (χ3v) is 4.54. The molecule has 0 aliphatic carbocycles. The summed E-state index contributed by atoms with van der Waals surface area (Å²) < 4.78 is 15.6. The first-order chi connectivity index (χ1) is 14.4. The number of hydrogen-bond acceptors (Lipinski definition) is 7. The normalized spacial score (nSPS) is 16.0. The van der Waals surface area contributed by atoms with Gasteiger partial charge in [-0.25, -0.2) is 9.69 Å². The fourth-order valence-electron chi connectivity index (χ4n) is 3.01. The first-order valence-electron chi connectivity index (χ1n) is 8.90. The standard InChI is InChI=1S/C21H21N3O6/c1-12(22-16-11-15(29-3)9-10-17(16)30-4)18-19(25)23-21(27)24(20(18)26)13-5-7-14(28-2)8-6-13/h5-11,18,22H,1H2,2-4H3,(H,23,25,27)/t18-/m0/s1. The highest BCUT2D eigenvalue weighted by molar-refractivity contribution is 6.29. The molecule has 1 aliphatic heterocycles. The van der Waals surface area contributed by atoms with E-state index in [4.69, 9.17) is 14.2 Å². The Kier molecular flexibility index (Phi) is 5.91. The number of amides is 4. The number of barbiturate groups is 1. The molecule has 0 bridgehead atoms. The van der Waals surface area contributed by atoms with Crippen molar-refractivity contribution < 1.29 is 28.6 Å². The van der Waals surface area contributed by atoms with Gasteiger partial charge in [0.05, 0.1) is 32.7 Å². The van der Waals surface area contributed by atoms with Crippen LogP contribution in [0.25, 0.3) is 0 Å². The van der Waals surface area contributed by atoms with Crippen LogP contribution in [0, 0.1) is 5.92 Å². The zero-order valence-corrected chi connectivity index (χ0v) is 16.7. The van der Waals surface area contributed by atoms with E-state index < -0.39 is 23.8 Å². The first kappa shape index (κ1) is 20.7. The lowest BCUT2D eigenvalue weighted by Gasteiger charge is -2.31. The van der Waals surface area contributed by atoms with Crippen LogP contribution in [-0.2, 0) is 9.59 Å². The average Bonchev–Trinajstić information content (AvgIpc) is 2.73. The van der Waals surface area contributed by atoms with Crippen LogP contribution in [0.4, 0.5) is 16.2 Å². The number of methoxy groups -OCH3 is 3. The summed E-state index contributed by atoms with van der Waals surface area (Å²) in [7, 11) is 4.50. The molecule has 3 rings (SSSR count). The highest BCUT2D eigenvalue weighted by Crippen LogP contribution is 2.32. The van der Waals surface area contributed by atoms with Gasteiger partial charge in [0.1, 0.15) is 17.2 Å². The van der Waals surface area contributed by atoms with Crippen molar-refractivity contribution in [2.24, 2.45) is 5.92 Å². The molecule has 0 saturated carbocycles. The molecule has 2 N–H and O–H groups in total. The summed E-state index contributed by atoms with van der Waals surface area (Å²) in [5, 5.41) is 5.13. The molecule has 0 spiro atoms. The van der Waals surface area contributed by atoms with Gasteiger partial charge in [0.2, 0.25) is 5.91 Å². The van der Waals surface area contributed by atoms with Crippen molar-refractivity contribution >= 4 is 29.2 Å². The van der Waals surface area contributed by atoms with E-state index in [0.29, 0.717) is 28.6 Å². The molecular weight excluding hydrogens is 390 g/mol. The van der Waals surface area contributed by atoms with E-state index in [1.54, 1.807) is 42.5 Å². The molecule has 1 atom stereocenters. The second-order valence-electron chi connectivity index (χ2n) is 6.32. The fourth-order valence-corrected chi connectivity index (χ4v) is 3.01. The van der Waals surface area contributed by atoms with E-state index in [0.717, 1.165) is 4.90 Å². The van der Waals surface area contributed by atoms with Crippen LogP contribution >= 0.6 is 0 Å². The van der Waals surface area contributed by atoms with Gasteiger partial charge < -0.3 is 19.5 Å². The van der Waals surface area contributed by atoms with E-state index >= 15 is 0 Å². The minimum Gasteiger partial charge on any atom is -0.497 e. The van der Waals surface area contributed by atoms with Crippen molar-refractivity contribution in [2.45, 2.75) is 0 Å². The number of nitrogens with one attached hydrogen (secondary N) is 2. The molecule has 1 aliphatic rings. The lowest BCUT2D eigenvalue weighted by atomic mass is 10.0. The first-order valence-corrected chi connectivity index (χ1v) is 8.90. The molecule has 0 unspecified atom stereocenters. The Morgan fingerprint density at radius 1 is 0.967 bits per heavy atom. The zero-order chi connectivity index (χ0) is 21.8. The van der Waals surface area contributed by atoms with Crippen LogP contribution in [-0.4, -0.2) is 39.2 Å². The van der Waals surface area contributed by atoms with Crippen LogP contribution < -0.4 is 29.7 Å². The van der Waals surface area contributed by atoms with Crippen molar-refractivity contribution in [3.63, 3.8) is 0 Å². The Bertz CT molecular complexity index is 1000. The average molecular weight is 411 g/mol. The maximum absolute atomic E-state index is 13.1. The molecule has 2 aromatic carbocycles. The van der Waals surface area contributed by atoms with Gasteiger partial charge in [-0.1, -0.05) is 6.58 Å². The van der Waals surface area contributed by atoms with Crippen molar-refractivity contribution in [3.8, 4) is 17.2 Å². The molecule has 1 fully saturated rings. The molecule has 1 heterocycles. The Morgan fingerprint density at radius 2 is 1.60 bits per heavy atom. The number of carbonyl (C=O) groups excluding carboxylic acids is 3. The Hall–Kier alpha value is -4.01. The van der Waals surface area contributed by atoms with Gasteiger partial charge in [0.25, 0.3) is 5.91 Å². The number of ether oxygens (including phenoxy) is 3. The second-order valence-corrected chi connectivity index (χ2v) is 6.32. The molecule has 1 saturated heterocycles. The predicted octanol–water partition coefficient (Wildman–Crippen LogP) is 2.54. The number of hydrogen-bond donors (Lipinski definition) is 2. The Balaban J connectivity index is 1.89. The molecule has 4 amide bonds. The van der Waals surface area contributed by atoms with Crippen molar-refractivity contribution in [1.82, 2.24) is 5.32 Å². The summed E-state index contributed by atoms with van der Waals surface area (Å²) in [4.78, 5) is 38.7. The summed E-state index contributed by atoms with van der Waals surface area (Å²) in [6.07, 6.45) is 0. The number of rotatable bonds is 7. The van der Waals surface area contributed by atoms with Crippen LogP contribution in [0.3, 0.4) is 0 Å². The summed E-state index contributed by atoms with van der Waals surface area (Å²) in [6.45, 7) is 3.84. The third kappa shape index (κ3) is 3.90. The van der Waals surface area contributed by atoms with Gasteiger partial charge in [-0.15, -0.1) is 0 Å². The monoisotopic (exact) mass is 411 g/mol. The predicted molar refractivity (Wildman–Crippen MR) is 110 cm³/mol. The molecule has 156 valence electrons. The molecule has 9 heteroatoms. The zero-order valence-electron chi connectivity index (χ0n) is 16.7. The highest BCUT2D eigenvalue weighted by Gasteiger charge is 2.43. The van der Waals surface area contributed by atoms with E-state index in [1.807, 2.05) is 0 Å². The second kappa shape index (κ2) is 8.56. The summed E-state index contributed by atoms with van der Waals surface area (Å²) in [5.74, 6) is -1.26. The molecule has 30 heavy (non-hydrogen) atoms. The lowest BCUT2D eigenvalue weighted by Crippen LogP contribution is -2.59. The Morgan fingerprint density at radius 3 is 2.20 bits per heavy atom. The van der Waals surface area contributed by atoms with Gasteiger partial charge in [-0.2, -0.15) is 0 Å². The quantitative estimate of drug-likeness (QED) is 0.675. The number of imide groups is 2. The number of urea groups is 1.